The highest BCUT2D eigenvalue weighted by Crippen LogP contribution is 2.31. The average Bonchev–Trinajstić information content (AvgIpc) is 2.61. The van der Waals surface area contributed by atoms with Gasteiger partial charge in [0.25, 0.3) is 5.91 Å². The molecule has 1 N–H and O–H groups in total. The molecule has 1 atom stereocenters. The van der Waals surface area contributed by atoms with Gasteiger partial charge in [0.2, 0.25) is 0 Å². The van der Waals surface area contributed by atoms with Crippen LogP contribution >= 0.6 is 0 Å². The van der Waals surface area contributed by atoms with Gasteiger partial charge in [-0.25, -0.2) is 4.98 Å². The van der Waals surface area contributed by atoms with Crippen molar-refractivity contribution in [2.45, 2.75) is 12.5 Å². The standard InChI is InChI=1S/C17H15N3O3/c18-9-13-6-5-12(10-20-13)17(21)19-8-7-14-11-22-15-3-1-2-4-16(15)23-14/h1-6,10,14H,7-8,11H2,(H,19,21)/t14-/m0/s1. The molecule has 1 aliphatic rings. The molecule has 0 saturated heterocycles. The number of ether oxygens (including phenoxy) is 2. The third kappa shape index (κ3) is 3.58. The molecule has 0 saturated carbocycles. The van der Waals surface area contributed by atoms with Crippen molar-refractivity contribution in [2.24, 2.45) is 0 Å². The molecule has 1 aromatic heterocycles. The van der Waals surface area contributed by atoms with Crippen LogP contribution in [0.15, 0.2) is 42.6 Å². The number of para-hydroxylation sites is 2. The van der Waals surface area contributed by atoms with Crippen molar-refractivity contribution >= 4 is 5.91 Å². The first kappa shape index (κ1) is 14.9. The van der Waals surface area contributed by atoms with Crippen LogP contribution in [0.3, 0.4) is 0 Å². The Morgan fingerprint density at radius 2 is 2.13 bits per heavy atom. The topological polar surface area (TPSA) is 84.2 Å². The molecular formula is C17H15N3O3. The van der Waals surface area contributed by atoms with Crippen molar-refractivity contribution < 1.29 is 14.3 Å². The summed E-state index contributed by atoms with van der Waals surface area (Å²) in [4.78, 5) is 15.9. The van der Waals surface area contributed by atoms with Crippen molar-refractivity contribution in [1.29, 1.82) is 5.26 Å². The van der Waals surface area contributed by atoms with E-state index in [9.17, 15) is 4.79 Å². The number of aromatic nitrogens is 1. The maximum Gasteiger partial charge on any atom is 0.252 e. The number of benzene rings is 1. The zero-order chi connectivity index (χ0) is 16.1. The Morgan fingerprint density at radius 3 is 2.87 bits per heavy atom. The van der Waals surface area contributed by atoms with E-state index >= 15 is 0 Å². The lowest BCUT2D eigenvalue weighted by Gasteiger charge is -2.26. The molecule has 3 rings (SSSR count). The molecule has 2 aromatic rings. The lowest BCUT2D eigenvalue weighted by molar-refractivity contribution is 0.0812. The van der Waals surface area contributed by atoms with E-state index in [4.69, 9.17) is 14.7 Å². The van der Waals surface area contributed by atoms with Gasteiger partial charge in [0.1, 0.15) is 24.5 Å². The number of nitrogens with zero attached hydrogens (tertiary/aromatic N) is 2. The van der Waals surface area contributed by atoms with E-state index < -0.39 is 0 Å². The number of rotatable bonds is 4. The Kier molecular flexibility index (Phi) is 4.39. The molecule has 6 nitrogen and oxygen atoms in total. The molecule has 6 heteroatoms. The first-order valence-electron chi connectivity index (χ1n) is 7.29. The first-order valence-corrected chi connectivity index (χ1v) is 7.29. The van der Waals surface area contributed by atoms with E-state index in [1.807, 2.05) is 30.3 Å². The number of hydrogen-bond acceptors (Lipinski definition) is 5. The van der Waals surface area contributed by atoms with Crippen molar-refractivity contribution in [3.8, 4) is 17.6 Å². The minimum Gasteiger partial charge on any atom is -0.486 e. The van der Waals surface area contributed by atoms with Gasteiger partial charge in [-0.1, -0.05) is 12.1 Å². The molecule has 1 aliphatic heterocycles. The highest BCUT2D eigenvalue weighted by molar-refractivity contribution is 5.93. The molecule has 0 aliphatic carbocycles. The smallest absolute Gasteiger partial charge is 0.252 e. The Morgan fingerprint density at radius 1 is 1.30 bits per heavy atom. The van der Waals surface area contributed by atoms with Crippen molar-refractivity contribution in [2.75, 3.05) is 13.2 Å². The minimum absolute atomic E-state index is 0.0933. The second kappa shape index (κ2) is 6.79. The van der Waals surface area contributed by atoms with Gasteiger partial charge in [-0.3, -0.25) is 4.79 Å². The van der Waals surface area contributed by atoms with Crippen LogP contribution in [0.2, 0.25) is 0 Å². The molecule has 23 heavy (non-hydrogen) atoms. The van der Waals surface area contributed by atoms with Crippen LogP contribution in [0, 0.1) is 11.3 Å². The largest absolute Gasteiger partial charge is 0.486 e. The number of nitriles is 1. The molecular weight excluding hydrogens is 294 g/mol. The maximum absolute atomic E-state index is 12.0. The zero-order valence-electron chi connectivity index (χ0n) is 12.4. The number of amides is 1. The quantitative estimate of drug-likeness (QED) is 0.932. The van der Waals surface area contributed by atoms with Gasteiger partial charge in [0.15, 0.2) is 11.5 Å². The number of pyridine rings is 1. The second-order valence-electron chi connectivity index (χ2n) is 5.09. The molecule has 1 aromatic carbocycles. The SMILES string of the molecule is N#Cc1ccc(C(=O)NCC[C@H]2COc3ccccc3O2)cn1. The van der Waals surface area contributed by atoms with E-state index in [2.05, 4.69) is 10.3 Å². The Bertz CT molecular complexity index is 737. The summed E-state index contributed by atoms with van der Waals surface area (Å²) >= 11 is 0. The zero-order valence-corrected chi connectivity index (χ0v) is 12.4. The summed E-state index contributed by atoms with van der Waals surface area (Å²) in [6, 6.07) is 12.5. The van der Waals surface area contributed by atoms with Crippen molar-refractivity contribution in [1.82, 2.24) is 10.3 Å². The van der Waals surface area contributed by atoms with Crippen molar-refractivity contribution in [3.05, 3.63) is 53.9 Å². The van der Waals surface area contributed by atoms with E-state index in [0.29, 0.717) is 25.1 Å². The van der Waals surface area contributed by atoms with Crippen LogP contribution in [0.1, 0.15) is 22.5 Å². The van der Waals surface area contributed by atoms with Gasteiger partial charge < -0.3 is 14.8 Å². The van der Waals surface area contributed by atoms with Crippen LogP contribution in [0.5, 0.6) is 11.5 Å². The molecule has 0 spiro atoms. The lowest BCUT2D eigenvalue weighted by Crippen LogP contribution is -2.34. The fraction of sp³-hybridized carbons (Fsp3) is 0.235. The number of hydrogen-bond donors (Lipinski definition) is 1. The Labute approximate surface area is 133 Å². The molecule has 0 fully saturated rings. The number of nitrogens with one attached hydrogen (secondary N) is 1. The summed E-state index contributed by atoms with van der Waals surface area (Å²) in [5.74, 6) is 1.25. The summed E-state index contributed by atoms with van der Waals surface area (Å²) in [6.07, 6.45) is 1.94. The third-order valence-electron chi connectivity index (χ3n) is 3.46. The fourth-order valence-electron chi connectivity index (χ4n) is 2.25. The highest BCUT2D eigenvalue weighted by atomic mass is 16.6. The first-order chi connectivity index (χ1) is 11.3. The van der Waals surface area contributed by atoms with Crippen LogP contribution in [-0.4, -0.2) is 30.1 Å². The van der Waals surface area contributed by atoms with Crippen LogP contribution in [0.25, 0.3) is 0 Å². The summed E-state index contributed by atoms with van der Waals surface area (Å²) in [6.45, 7) is 0.931. The van der Waals surface area contributed by atoms with Gasteiger partial charge in [-0.15, -0.1) is 0 Å². The normalized spacial score (nSPS) is 15.5. The van der Waals surface area contributed by atoms with E-state index in [-0.39, 0.29) is 17.7 Å². The summed E-state index contributed by atoms with van der Waals surface area (Å²) in [5, 5.41) is 11.5. The van der Waals surface area contributed by atoms with E-state index in [0.717, 1.165) is 11.5 Å². The van der Waals surface area contributed by atoms with Crippen LogP contribution in [-0.2, 0) is 0 Å². The van der Waals surface area contributed by atoms with Gasteiger partial charge in [-0.05, 0) is 24.3 Å². The highest BCUT2D eigenvalue weighted by Gasteiger charge is 2.20. The van der Waals surface area contributed by atoms with Gasteiger partial charge >= 0.3 is 0 Å². The van der Waals surface area contributed by atoms with E-state index in [1.165, 1.54) is 12.3 Å². The predicted molar refractivity (Wildman–Crippen MR) is 82.3 cm³/mol. The summed E-state index contributed by atoms with van der Waals surface area (Å²) in [7, 11) is 0. The maximum atomic E-state index is 12.0. The number of carbonyl (C=O) groups is 1. The number of carbonyl (C=O) groups excluding carboxylic acids is 1. The molecule has 0 radical (unpaired) electrons. The third-order valence-corrected chi connectivity index (χ3v) is 3.46. The van der Waals surface area contributed by atoms with Gasteiger partial charge in [0, 0.05) is 19.2 Å². The van der Waals surface area contributed by atoms with Crippen LogP contribution in [0.4, 0.5) is 0 Å². The fourth-order valence-corrected chi connectivity index (χ4v) is 2.25. The summed E-state index contributed by atoms with van der Waals surface area (Å²) in [5.41, 5.74) is 0.711. The lowest BCUT2D eigenvalue weighted by atomic mass is 10.2. The Balaban J connectivity index is 1.48. The minimum atomic E-state index is -0.223. The average molecular weight is 309 g/mol. The van der Waals surface area contributed by atoms with Gasteiger partial charge in [-0.2, -0.15) is 5.26 Å². The predicted octanol–water partition coefficient (Wildman–Crippen LogP) is 1.91. The second-order valence-corrected chi connectivity index (χ2v) is 5.09. The Hall–Kier alpha value is -3.07. The molecule has 1 amide bonds. The number of fused-ring (bicyclic) bond motifs is 1. The monoisotopic (exact) mass is 309 g/mol. The molecule has 116 valence electrons. The molecule has 0 unspecified atom stereocenters. The van der Waals surface area contributed by atoms with Gasteiger partial charge in [0.05, 0.1) is 5.56 Å². The van der Waals surface area contributed by atoms with E-state index in [1.54, 1.807) is 6.07 Å². The molecule has 2 heterocycles. The summed E-state index contributed by atoms with van der Waals surface area (Å²) < 4.78 is 11.5. The van der Waals surface area contributed by atoms with Crippen molar-refractivity contribution in [3.63, 3.8) is 0 Å². The molecule has 0 bridgehead atoms. The van der Waals surface area contributed by atoms with Crippen LogP contribution < -0.4 is 14.8 Å².